The molecule has 4 heteroatoms. The third kappa shape index (κ3) is 6.57. The maximum absolute atomic E-state index is 11.6. The maximum atomic E-state index is 11.6. The lowest BCUT2D eigenvalue weighted by molar-refractivity contribution is -0.241. The normalized spacial score (nSPS) is 10.3. The van der Waals surface area contributed by atoms with E-state index in [1.165, 1.54) is 0 Å². The van der Waals surface area contributed by atoms with Gasteiger partial charge in [-0.15, -0.1) is 0 Å². The topological polar surface area (TPSA) is 44.8 Å². The van der Waals surface area contributed by atoms with E-state index in [0.717, 1.165) is 37.9 Å². The number of hydrogen-bond donors (Lipinski definition) is 0. The van der Waals surface area contributed by atoms with Gasteiger partial charge in [-0.25, -0.2) is 4.79 Å². The van der Waals surface area contributed by atoms with E-state index in [4.69, 9.17) is 14.5 Å². The molecule has 0 amide bonds. The van der Waals surface area contributed by atoms with Crippen LogP contribution in [-0.4, -0.2) is 19.2 Å². The molecule has 1 aromatic carbocycles. The predicted molar refractivity (Wildman–Crippen MR) is 77.4 cm³/mol. The number of ether oxygens (including phenoxy) is 1. The summed E-state index contributed by atoms with van der Waals surface area (Å²) in [6, 6.07) is 6.86. The van der Waals surface area contributed by atoms with E-state index in [9.17, 15) is 4.79 Å². The molecule has 0 spiro atoms. The summed E-state index contributed by atoms with van der Waals surface area (Å²) in [5.74, 6) is 0.270. The molecule has 0 unspecified atom stereocenters. The van der Waals surface area contributed by atoms with Gasteiger partial charge in [-0.3, -0.25) is 4.89 Å². The maximum Gasteiger partial charge on any atom is 0.373 e. The van der Waals surface area contributed by atoms with E-state index in [-0.39, 0.29) is 0 Å². The van der Waals surface area contributed by atoms with E-state index in [1.54, 1.807) is 24.3 Å². The van der Waals surface area contributed by atoms with Crippen molar-refractivity contribution in [3.63, 3.8) is 0 Å². The summed E-state index contributed by atoms with van der Waals surface area (Å²) >= 11 is 0. The molecule has 0 heterocycles. The van der Waals surface area contributed by atoms with E-state index >= 15 is 0 Å². The first-order chi connectivity index (χ1) is 9.77. The van der Waals surface area contributed by atoms with Crippen molar-refractivity contribution in [2.45, 2.75) is 39.0 Å². The average molecular weight is 279 g/mol. The second kappa shape index (κ2) is 10.3. The second-order valence-electron chi connectivity index (χ2n) is 4.48. The Morgan fingerprint density at radius 2 is 1.85 bits per heavy atom. The second-order valence-corrected chi connectivity index (χ2v) is 4.48. The molecule has 20 heavy (non-hydrogen) atoms. The molecule has 111 valence electrons. The van der Waals surface area contributed by atoms with Gasteiger partial charge in [0.15, 0.2) is 0 Å². The Morgan fingerprint density at radius 3 is 2.50 bits per heavy atom. The molecule has 0 bridgehead atoms. The predicted octanol–water partition coefficient (Wildman–Crippen LogP) is 3.96. The van der Waals surface area contributed by atoms with Crippen molar-refractivity contribution in [2.75, 3.05) is 13.2 Å². The molecule has 0 fully saturated rings. The largest absolute Gasteiger partial charge is 0.494 e. The van der Waals surface area contributed by atoms with Crippen molar-refractivity contribution in [1.29, 1.82) is 0 Å². The third-order valence-corrected chi connectivity index (χ3v) is 2.72. The lowest BCUT2D eigenvalue weighted by Crippen LogP contribution is -2.07. The summed E-state index contributed by atoms with van der Waals surface area (Å²) in [7, 11) is 0. The zero-order chi connectivity index (χ0) is 14.6. The van der Waals surface area contributed by atoms with Crippen molar-refractivity contribution in [1.82, 2.24) is 0 Å². The van der Waals surface area contributed by atoms with Gasteiger partial charge in [0.1, 0.15) is 5.75 Å². The monoisotopic (exact) mass is 279 g/mol. The van der Waals surface area contributed by atoms with Crippen LogP contribution in [0.4, 0.5) is 0 Å². The third-order valence-electron chi connectivity index (χ3n) is 2.72. The van der Waals surface area contributed by atoms with Crippen molar-refractivity contribution in [3.05, 3.63) is 36.8 Å². The summed E-state index contributed by atoms with van der Waals surface area (Å²) in [4.78, 5) is 21.2. The average Bonchev–Trinajstić information content (AvgIpc) is 2.48. The van der Waals surface area contributed by atoms with Gasteiger partial charge in [0, 0.05) is 0 Å². The van der Waals surface area contributed by atoms with Crippen LogP contribution in [0.3, 0.4) is 0 Å². The Kier molecular flexibility index (Phi) is 8.47. The van der Waals surface area contributed by atoms with Gasteiger partial charge in [0.05, 0.1) is 18.8 Å². The first-order valence-electron chi connectivity index (χ1n) is 7.13. The molecule has 0 saturated carbocycles. The minimum Gasteiger partial charge on any atom is -0.494 e. The minimum absolute atomic E-state index is 0.402. The van der Waals surface area contributed by atoms with Crippen molar-refractivity contribution in [2.24, 2.45) is 0 Å². The number of hydrogen-bond acceptors (Lipinski definition) is 4. The SMILES string of the molecule is [CH2]CCCCOOC(=O)c1ccc(OCCCC)cc1. The first kappa shape index (κ1) is 16.5. The molecule has 0 aliphatic rings. The number of benzene rings is 1. The van der Waals surface area contributed by atoms with Crippen molar-refractivity contribution in [3.8, 4) is 5.75 Å². The van der Waals surface area contributed by atoms with E-state index in [0.29, 0.717) is 18.8 Å². The van der Waals surface area contributed by atoms with E-state index in [1.807, 2.05) is 0 Å². The highest BCUT2D eigenvalue weighted by Crippen LogP contribution is 2.13. The van der Waals surface area contributed by atoms with Gasteiger partial charge in [-0.2, -0.15) is 4.89 Å². The standard InChI is InChI=1S/C16H23O4/c1-3-5-7-13-19-20-16(17)14-8-10-15(11-9-14)18-12-6-4-2/h8-11H,1,3-7,12-13H2,2H3. The van der Waals surface area contributed by atoms with Crippen molar-refractivity contribution < 1.29 is 19.3 Å². The molecule has 0 aliphatic heterocycles. The summed E-state index contributed by atoms with van der Waals surface area (Å²) < 4.78 is 5.52. The molecule has 1 radical (unpaired) electrons. The summed E-state index contributed by atoms with van der Waals surface area (Å²) in [6.07, 6.45) is 4.76. The van der Waals surface area contributed by atoms with Crippen LogP contribution in [0.1, 0.15) is 49.4 Å². The highest BCUT2D eigenvalue weighted by molar-refractivity contribution is 5.89. The zero-order valence-electron chi connectivity index (χ0n) is 12.1. The van der Waals surface area contributed by atoms with Crippen LogP contribution < -0.4 is 4.74 Å². The van der Waals surface area contributed by atoms with Gasteiger partial charge in [-0.1, -0.05) is 33.1 Å². The number of carbonyl (C=O) groups is 1. The highest BCUT2D eigenvalue weighted by Gasteiger charge is 2.08. The molecular formula is C16H23O4. The summed E-state index contributed by atoms with van der Waals surface area (Å²) in [6.45, 7) is 6.93. The van der Waals surface area contributed by atoms with Crippen LogP contribution in [0.15, 0.2) is 24.3 Å². The Balaban J connectivity index is 2.30. The van der Waals surface area contributed by atoms with Crippen molar-refractivity contribution >= 4 is 5.97 Å². The van der Waals surface area contributed by atoms with Gasteiger partial charge >= 0.3 is 5.97 Å². The molecule has 0 N–H and O–H groups in total. The molecule has 0 saturated heterocycles. The van der Waals surface area contributed by atoms with Gasteiger partial charge in [0.25, 0.3) is 0 Å². The molecule has 0 aromatic heterocycles. The Labute approximate surface area is 121 Å². The van der Waals surface area contributed by atoms with E-state index < -0.39 is 5.97 Å². The number of rotatable bonds is 10. The molecular weight excluding hydrogens is 256 g/mol. The zero-order valence-corrected chi connectivity index (χ0v) is 12.1. The van der Waals surface area contributed by atoms with E-state index in [2.05, 4.69) is 13.8 Å². The van der Waals surface area contributed by atoms with Crippen LogP contribution in [0.2, 0.25) is 0 Å². The van der Waals surface area contributed by atoms with Gasteiger partial charge in [-0.05, 0) is 37.1 Å². The number of unbranched alkanes of at least 4 members (excludes halogenated alkanes) is 3. The molecule has 4 nitrogen and oxygen atoms in total. The fourth-order valence-corrected chi connectivity index (χ4v) is 1.50. The number of carbonyl (C=O) groups excluding carboxylic acids is 1. The van der Waals surface area contributed by atoms with Gasteiger partial charge in [0.2, 0.25) is 0 Å². The summed E-state index contributed by atoms with van der Waals surface area (Å²) in [5, 5.41) is 0. The van der Waals surface area contributed by atoms with Crippen LogP contribution in [0.25, 0.3) is 0 Å². The fraction of sp³-hybridized carbons (Fsp3) is 0.500. The smallest absolute Gasteiger partial charge is 0.373 e. The van der Waals surface area contributed by atoms with Crippen LogP contribution in [-0.2, 0) is 9.78 Å². The molecule has 1 aromatic rings. The Morgan fingerprint density at radius 1 is 1.10 bits per heavy atom. The lowest BCUT2D eigenvalue weighted by Gasteiger charge is -2.06. The Hall–Kier alpha value is -1.55. The first-order valence-corrected chi connectivity index (χ1v) is 7.13. The fourth-order valence-electron chi connectivity index (χ4n) is 1.50. The molecule has 0 aliphatic carbocycles. The Bertz CT molecular complexity index is 373. The molecule has 1 rings (SSSR count). The van der Waals surface area contributed by atoms with Crippen LogP contribution in [0.5, 0.6) is 5.75 Å². The lowest BCUT2D eigenvalue weighted by atomic mass is 10.2. The molecule has 0 atom stereocenters. The van der Waals surface area contributed by atoms with Crippen LogP contribution >= 0.6 is 0 Å². The van der Waals surface area contributed by atoms with Gasteiger partial charge < -0.3 is 4.74 Å². The quantitative estimate of drug-likeness (QED) is 0.369. The minimum atomic E-state index is -0.486. The highest BCUT2D eigenvalue weighted by atomic mass is 17.2. The van der Waals surface area contributed by atoms with Crippen LogP contribution in [0, 0.1) is 6.92 Å². The summed E-state index contributed by atoms with van der Waals surface area (Å²) in [5.41, 5.74) is 0.449.